The molecular weight excluding hydrogens is 578 g/mol. The Morgan fingerprint density at radius 3 is 1.85 bits per heavy atom. The maximum Gasteiger partial charge on any atom is 0.227 e. The van der Waals surface area contributed by atoms with Gasteiger partial charge < -0.3 is 4.42 Å². The molecule has 220 valence electrons. The van der Waals surface area contributed by atoms with E-state index in [0.29, 0.717) is 5.89 Å². The fourth-order valence-electron chi connectivity index (χ4n) is 6.19. The van der Waals surface area contributed by atoms with Crippen LogP contribution in [0, 0.1) is 0 Å². The van der Waals surface area contributed by atoms with Gasteiger partial charge in [0.05, 0.1) is 34.0 Å². The summed E-state index contributed by atoms with van der Waals surface area (Å²) in [4.78, 5) is 24.4. The molecule has 0 aliphatic heterocycles. The van der Waals surface area contributed by atoms with Crippen LogP contribution >= 0.6 is 0 Å². The largest absolute Gasteiger partial charge is 0.436 e. The standard InChI is InChI=1S/C41H25N5O/c1-2-11-26(12-3-1)41-46-40-37(47-41)20-19-31-38(40)30-15-4-5-16-32(30)45-39(31)28-14-10-13-27(23-28)29-24-35(33-17-6-8-21-42-33)44-36(25-29)34-18-7-9-22-43-34/h1-25H. The van der Waals surface area contributed by atoms with Gasteiger partial charge in [0.1, 0.15) is 5.52 Å². The predicted octanol–water partition coefficient (Wildman–Crippen LogP) is 10.0. The Hall–Kier alpha value is -6.53. The molecule has 0 radical (unpaired) electrons. The first-order valence-electron chi connectivity index (χ1n) is 15.4. The van der Waals surface area contributed by atoms with E-state index in [0.717, 1.165) is 83.5 Å². The summed E-state index contributed by atoms with van der Waals surface area (Å²) in [7, 11) is 0. The zero-order chi connectivity index (χ0) is 31.2. The molecule has 4 aromatic carbocycles. The molecule has 9 aromatic rings. The Morgan fingerprint density at radius 2 is 1.11 bits per heavy atom. The number of hydrogen-bond donors (Lipinski definition) is 0. The molecule has 0 saturated carbocycles. The van der Waals surface area contributed by atoms with E-state index in [1.807, 2.05) is 84.9 Å². The molecule has 0 saturated heterocycles. The van der Waals surface area contributed by atoms with E-state index in [-0.39, 0.29) is 0 Å². The summed E-state index contributed by atoms with van der Waals surface area (Å²) in [6, 6.07) is 46.7. The van der Waals surface area contributed by atoms with E-state index in [1.54, 1.807) is 12.4 Å². The Kier molecular flexibility index (Phi) is 6.35. The SMILES string of the molecule is c1ccc(-c2nc3c(ccc4c(-c5cccc(-c6cc(-c7ccccn7)nc(-c7ccccn7)c6)c5)nc5ccccc5c43)o2)cc1. The van der Waals surface area contributed by atoms with Crippen molar-refractivity contribution in [1.29, 1.82) is 0 Å². The highest BCUT2D eigenvalue weighted by molar-refractivity contribution is 6.20. The van der Waals surface area contributed by atoms with Gasteiger partial charge in [0, 0.05) is 39.7 Å². The monoisotopic (exact) mass is 603 g/mol. The summed E-state index contributed by atoms with van der Waals surface area (Å²) < 4.78 is 6.28. The van der Waals surface area contributed by atoms with E-state index < -0.39 is 0 Å². The molecule has 0 atom stereocenters. The second kappa shape index (κ2) is 11.1. The van der Waals surface area contributed by atoms with Crippen molar-refractivity contribution in [3.05, 3.63) is 152 Å². The lowest BCUT2D eigenvalue weighted by molar-refractivity contribution is 0.620. The van der Waals surface area contributed by atoms with Gasteiger partial charge in [-0.1, -0.05) is 66.7 Å². The van der Waals surface area contributed by atoms with Crippen LogP contribution in [0.2, 0.25) is 0 Å². The van der Waals surface area contributed by atoms with Gasteiger partial charge in [0.25, 0.3) is 0 Å². The predicted molar refractivity (Wildman–Crippen MR) is 187 cm³/mol. The van der Waals surface area contributed by atoms with Crippen molar-refractivity contribution in [3.8, 4) is 56.6 Å². The quantitative estimate of drug-likeness (QED) is 0.182. The fourth-order valence-corrected chi connectivity index (χ4v) is 6.19. The highest BCUT2D eigenvalue weighted by Gasteiger charge is 2.18. The average Bonchev–Trinajstić information content (AvgIpc) is 3.60. The van der Waals surface area contributed by atoms with Crippen molar-refractivity contribution >= 4 is 32.8 Å². The van der Waals surface area contributed by atoms with Crippen molar-refractivity contribution < 1.29 is 4.42 Å². The molecule has 9 rings (SSSR count). The average molecular weight is 604 g/mol. The first-order chi connectivity index (χ1) is 23.3. The molecule has 0 amide bonds. The van der Waals surface area contributed by atoms with Crippen LogP contribution in [0.4, 0.5) is 0 Å². The summed E-state index contributed by atoms with van der Waals surface area (Å²) in [5.74, 6) is 0.600. The van der Waals surface area contributed by atoms with Crippen molar-refractivity contribution in [2.24, 2.45) is 0 Å². The minimum absolute atomic E-state index is 0.600. The molecule has 0 aliphatic carbocycles. The highest BCUT2D eigenvalue weighted by atomic mass is 16.3. The third-order valence-electron chi connectivity index (χ3n) is 8.39. The number of hydrogen-bond acceptors (Lipinski definition) is 6. The summed E-state index contributed by atoms with van der Waals surface area (Å²) in [5, 5.41) is 3.08. The zero-order valence-electron chi connectivity index (χ0n) is 25.1. The Morgan fingerprint density at radius 1 is 0.426 bits per heavy atom. The van der Waals surface area contributed by atoms with Gasteiger partial charge in [-0.15, -0.1) is 0 Å². The number of oxazole rings is 1. The number of para-hydroxylation sites is 1. The number of rotatable bonds is 5. The summed E-state index contributed by atoms with van der Waals surface area (Å²) >= 11 is 0. The molecule has 47 heavy (non-hydrogen) atoms. The molecule has 5 heterocycles. The van der Waals surface area contributed by atoms with Crippen LogP contribution in [-0.4, -0.2) is 24.9 Å². The number of benzene rings is 4. The number of nitrogens with zero attached hydrogens (tertiary/aromatic N) is 5. The molecular formula is C41H25N5O. The lowest BCUT2D eigenvalue weighted by Crippen LogP contribution is -1.94. The summed E-state index contributed by atoms with van der Waals surface area (Å²) in [5.41, 5.74) is 10.5. The number of fused-ring (bicyclic) bond motifs is 5. The van der Waals surface area contributed by atoms with Gasteiger partial charge in [0.2, 0.25) is 5.89 Å². The van der Waals surface area contributed by atoms with E-state index in [2.05, 4.69) is 64.6 Å². The molecule has 0 unspecified atom stereocenters. The molecule has 0 aliphatic rings. The Balaban J connectivity index is 1.25. The van der Waals surface area contributed by atoms with Crippen LogP contribution in [-0.2, 0) is 0 Å². The van der Waals surface area contributed by atoms with Crippen molar-refractivity contribution in [1.82, 2.24) is 24.9 Å². The maximum absolute atomic E-state index is 6.28. The van der Waals surface area contributed by atoms with Gasteiger partial charge in [-0.05, 0) is 83.9 Å². The zero-order valence-corrected chi connectivity index (χ0v) is 25.1. The van der Waals surface area contributed by atoms with Gasteiger partial charge in [-0.25, -0.2) is 15.0 Å². The number of aromatic nitrogens is 5. The lowest BCUT2D eigenvalue weighted by Gasteiger charge is -2.13. The van der Waals surface area contributed by atoms with Gasteiger partial charge in [-0.3, -0.25) is 9.97 Å². The molecule has 0 N–H and O–H groups in total. The molecule has 0 fully saturated rings. The van der Waals surface area contributed by atoms with Crippen LogP contribution < -0.4 is 0 Å². The van der Waals surface area contributed by atoms with Crippen molar-refractivity contribution in [3.63, 3.8) is 0 Å². The minimum Gasteiger partial charge on any atom is -0.436 e. The van der Waals surface area contributed by atoms with Gasteiger partial charge in [0.15, 0.2) is 5.58 Å². The summed E-state index contributed by atoms with van der Waals surface area (Å²) in [6.45, 7) is 0. The van der Waals surface area contributed by atoms with E-state index in [4.69, 9.17) is 19.4 Å². The lowest BCUT2D eigenvalue weighted by atomic mass is 9.96. The Bertz CT molecular complexity index is 2510. The second-order valence-electron chi connectivity index (χ2n) is 11.3. The van der Waals surface area contributed by atoms with E-state index >= 15 is 0 Å². The molecule has 6 nitrogen and oxygen atoms in total. The highest BCUT2D eigenvalue weighted by Crippen LogP contribution is 2.39. The van der Waals surface area contributed by atoms with Crippen LogP contribution in [0.1, 0.15) is 0 Å². The minimum atomic E-state index is 0.600. The topological polar surface area (TPSA) is 77.6 Å². The normalized spacial score (nSPS) is 11.4. The van der Waals surface area contributed by atoms with E-state index in [1.165, 1.54) is 0 Å². The van der Waals surface area contributed by atoms with Crippen LogP contribution in [0.25, 0.3) is 89.4 Å². The maximum atomic E-state index is 6.28. The third kappa shape index (κ3) is 4.80. The molecule has 0 spiro atoms. The Labute approximate surface area is 270 Å². The van der Waals surface area contributed by atoms with Crippen LogP contribution in [0.15, 0.2) is 156 Å². The third-order valence-corrected chi connectivity index (χ3v) is 8.39. The van der Waals surface area contributed by atoms with Crippen LogP contribution in [0.3, 0.4) is 0 Å². The second-order valence-corrected chi connectivity index (χ2v) is 11.3. The molecule has 0 bridgehead atoms. The van der Waals surface area contributed by atoms with Gasteiger partial charge in [-0.2, -0.15) is 0 Å². The first-order valence-corrected chi connectivity index (χ1v) is 15.4. The molecule has 5 aromatic heterocycles. The smallest absolute Gasteiger partial charge is 0.227 e. The van der Waals surface area contributed by atoms with E-state index in [9.17, 15) is 0 Å². The first kappa shape index (κ1) is 26.8. The van der Waals surface area contributed by atoms with Crippen molar-refractivity contribution in [2.75, 3.05) is 0 Å². The van der Waals surface area contributed by atoms with Gasteiger partial charge >= 0.3 is 0 Å². The summed E-state index contributed by atoms with van der Waals surface area (Å²) in [6.07, 6.45) is 3.58. The fraction of sp³-hybridized carbons (Fsp3) is 0. The molecule has 6 heteroatoms. The number of pyridine rings is 4. The van der Waals surface area contributed by atoms with Crippen LogP contribution in [0.5, 0.6) is 0 Å². The van der Waals surface area contributed by atoms with Crippen molar-refractivity contribution in [2.45, 2.75) is 0 Å².